The first kappa shape index (κ1) is 7.75. The van der Waals surface area contributed by atoms with E-state index in [0.717, 1.165) is 18.9 Å². The summed E-state index contributed by atoms with van der Waals surface area (Å²) in [5, 5.41) is 0. The molecule has 0 fully saturated rings. The minimum Gasteiger partial charge on any atom is -0.466 e. The van der Waals surface area contributed by atoms with Crippen LogP contribution in [0, 0.1) is 0 Å². The molecule has 4 heteroatoms. The molecule has 8 heavy (non-hydrogen) atoms. The Labute approximate surface area is 51.4 Å². The molecular formula is C4H7FO2S. The number of methoxy groups -OCH3 is 1. The fourth-order valence-electron chi connectivity index (χ4n) is 0.189. The van der Waals surface area contributed by atoms with Gasteiger partial charge in [-0.2, -0.15) is 0 Å². The molecule has 0 radical (unpaired) electrons. The molecule has 48 valence electrons. The average Bonchev–Trinajstić information content (AvgIpc) is 1.84. The molecule has 1 unspecified atom stereocenters. The Balaban J connectivity index is 3.46. The van der Waals surface area contributed by atoms with Gasteiger partial charge in [-0.05, 0) is 6.26 Å². The molecule has 0 saturated carbocycles. The lowest BCUT2D eigenvalue weighted by Crippen LogP contribution is -2.12. The van der Waals surface area contributed by atoms with Crippen LogP contribution in [0.25, 0.3) is 0 Å². The molecule has 0 spiro atoms. The molecule has 0 heterocycles. The van der Waals surface area contributed by atoms with Crippen LogP contribution in [0.3, 0.4) is 0 Å². The second kappa shape index (κ2) is 3.72. The van der Waals surface area contributed by atoms with Crippen molar-refractivity contribution < 1.29 is 13.9 Å². The van der Waals surface area contributed by atoms with E-state index >= 15 is 0 Å². The second-order valence-electron chi connectivity index (χ2n) is 1.07. The van der Waals surface area contributed by atoms with Crippen LogP contribution in [0.1, 0.15) is 0 Å². The van der Waals surface area contributed by atoms with Gasteiger partial charge in [-0.1, -0.05) is 0 Å². The number of carbonyl (C=O) groups excluding carboxylic acids is 1. The quantitative estimate of drug-likeness (QED) is 0.528. The van der Waals surface area contributed by atoms with Gasteiger partial charge in [0.05, 0.1) is 7.11 Å². The van der Waals surface area contributed by atoms with E-state index in [9.17, 15) is 9.18 Å². The minimum atomic E-state index is -1.53. The summed E-state index contributed by atoms with van der Waals surface area (Å²) in [6, 6.07) is 0. The maximum Gasteiger partial charge on any atom is 0.351 e. The van der Waals surface area contributed by atoms with Crippen molar-refractivity contribution in [3.8, 4) is 0 Å². The molecule has 1 atom stereocenters. The molecular weight excluding hydrogens is 131 g/mol. The van der Waals surface area contributed by atoms with Crippen molar-refractivity contribution in [2.75, 3.05) is 13.4 Å². The van der Waals surface area contributed by atoms with Gasteiger partial charge in [-0.15, -0.1) is 11.8 Å². The van der Waals surface area contributed by atoms with E-state index in [1.807, 2.05) is 0 Å². The lowest BCUT2D eigenvalue weighted by Gasteiger charge is -1.98. The number of ether oxygens (including phenoxy) is 1. The summed E-state index contributed by atoms with van der Waals surface area (Å²) in [6.45, 7) is 0. The van der Waals surface area contributed by atoms with E-state index in [1.165, 1.54) is 6.26 Å². The second-order valence-corrected chi connectivity index (χ2v) is 1.96. The molecule has 0 bridgehead atoms. The first-order valence-corrected chi connectivity index (χ1v) is 3.26. The Bertz CT molecular complexity index is 86.1. The van der Waals surface area contributed by atoms with E-state index in [0.29, 0.717) is 0 Å². The van der Waals surface area contributed by atoms with Crippen molar-refractivity contribution in [2.24, 2.45) is 0 Å². The summed E-state index contributed by atoms with van der Waals surface area (Å²) in [5.41, 5.74) is -1.53. The van der Waals surface area contributed by atoms with Gasteiger partial charge in [0, 0.05) is 0 Å². The Morgan fingerprint density at radius 1 is 1.88 bits per heavy atom. The Morgan fingerprint density at radius 2 is 2.38 bits per heavy atom. The smallest absolute Gasteiger partial charge is 0.351 e. The zero-order valence-corrected chi connectivity index (χ0v) is 5.50. The van der Waals surface area contributed by atoms with Crippen LogP contribution >= 0.6 is 11.8 Å². The molecule has 0 saturated heterocycles. The van der Waals surface area contributed by atoms with Crippen molar-refractivity contribution in [2.45, 2.75) is 5.50 Å². The summed E-state index contributed by atoms with van der Waals surface area (Å²) in [4.78, 5) is 10.1. The van der Waals surface area contributed by atoms with Gasteiger partial charge >= 0.3 is 5.97 Å². The zero-order chi connectivity index (χ0) is 6.57. The van der Waals surface area contributed by atoms with Gasteiger partial charge in [0.1, 0.15) is 0 Å². The minimum absolute atomic E-state index is 0.816. The topological polar surface area (TPSA) is 26.3 Å². The van der Waals surface area contributed by atoms with Gasteiger partial charge in [0.25, 0.3) is 0 Å². The number of alkyl halides is 1. The number of hydrogen-bond acceptors (Lipinski definition) is 3. The number of hydrogen-bond donors (Lipinski definition) is 0. The monoisotopic (exact) mass is 138 g/mol. The van der Waals surface area contributed by atoms with Crippen LogP contribution in [0.2, 0.25) is 0 Å². The van der Waals surface area contributed by atoms with Crippen LogP contribution in [0.5, 0.6) is 0 Å². The highest BCUT2D eigenvalue weighted by Crippen LogP contribution is 2.07. The lowest BCUT2D eigenvalue weighted by molar-refractivity contribution is -0.142. The molecule has 0 aromatic heterocycles. The number of thioether (sulfide) groups is 1. The highest BCUT2D eigenvalue weighted by molar-refractivity contribution is 7.99. The van der Waals surface area contributed by atoms with Crippen molar-refractivity contribution in [3.63, 3.8) is 0 Å². The molecule has 0 aromatic rings. The molecule has 0 N–H and O–H groups in total. The number of esters is 1. The number of halogens is 1. The van der Waals surface area contributed by atoms with Crippen molar-refractivity contribution in [3.05, 3.63) is 0 Å². The van der Waals surface area contributed by atoms with Gasteiger partial charge in [0.2, 0.25) is 5.50 Å². The standard InChI is InChI=1S/C4H7FO2S/c1-7-4(6)3(5)8-2/h3H,1-2H3. The van der Waals surface area contributed by atoms with Gasteiger partial charge < -0.3 is 4.74 Å². The summed E-state index contributed by atoms with van der Waals surface area (Å²) in [6.07, 6.45) is 1.50. The van der Waals surface area contributed by atoms with Gasteiger partial charge in [-0.25, -0.2) is 9.18 Å². The van der Waals surface area contributed by atoms with Crippen LogP contribution < -0.4 is 0 Å². The Morgan fingerprint density at radius 3 is 2.50 bits per heavy atom. The third-order valence-corrected chi connectivity index (χ3v) is 1.20. The maximum absolute atomic E-state index is 12.0. The van der Waals surface area contributed by atoms with Crippen molar-refractivity contribution in [1.82, 2.24) is 0 Å². The Kier molecular flexibility index (Phi) is 3.60. The van der Waals surface area contributed by atoms with E-state index in [2.05, 4.69) is 4.74 Å². The maximum atomic E-state index is 12.0. The number of carbonyl (C=O) groups is 1. The molecule has 2 nitrogen and oxygen atoms in total. The average molecular weight is 138 g/mol. The summed E-state index contributed by atoms with van der Waals surface area (Å²) < 4.78 is 16.1. The molecule has 0 aromatic carbocycles. The van der Waals surface area contributed by atoms with E-state index in [4.69, 9.17) is 0 Å². The fraction of sp³-hybridized carbons (Fsp3) is 0.750. The third kappa shape index (κ3) is 2.16. The molecule has 0 aliphatic carbocycles. The van der Waals surface area contributed by atoms with E-state index in [1.54, 1.807) is 0 Å². The highest BCUT2D eigenvalue weighted by Gasteiger charge is 2.14. The largest absolute Gasteiger partial charge is 0.466 e. The predicted octanol–water partition coefficient (Wildman–Crippen LogP) is 0.818. The molecule has 0 amide bonds. The fourth-order valence-corrected chi connectivity index (χ4v) is 0.478. The van der Waals surface area contributed by atoms with Gasteiger partial charge in [-0.3, -0.25) is 0 Å². The van der Waals surface area contributed by atoms with Crippen LogP contribution in [-0.2, 0) is 9.53 Å². The zero-order valence-electron chi connectivity index (χ0n) is 4.68. The van der Waals surface area contributed by atoms with E-state index in [-0.39, 0.29) is 0 Å². The van der Waals surface area contributed by atoms with Crippen molar-refractivity contribution in [1.29, 1.82) is 0 Å². The molecule has 0 aliphatic rings. The van der Waals surface area contributed by atoms with Crippen LogP contribution in [0.4, 0.5) is 4.39 Å². The SMILES string of the molecule is COC(=O)C(F)SC. The summed E-state index contributed by atoms with van der Waals surface area (Å²) in [5.74, 6) is -0.822. The molecule has 0 aliphatic heterocycles. The molecule has 0 rings (SSSR count). The number of rotatable bonds is 2. The summed E-state index contributed by atoms with van der Waals surface area (Å²) >= 11 is 0.816. The van der Waals surface area contributed by atoms with Crippen LogP contribution in [-0.4, -0.2) is 24.8 Å². The van der Waals surface area contributed by atoms with E-state index < -0.39 is 11.5 Å². The third-order valence-electron chi connectivity index (χ3n) is 0.593. The van der Waals surface area contributed by atoms with Crippen molar-refractivity contribution >= 4 is 17.7 Å². The first-order valence-electron chi connectivity index (χ1n) is 1.97. The lowest BCUT2D eigenvalue weighted by atomic mass is 10.8. The van der Waals surface area contributed by atoms with Gasteiger partial charge in [0.15, 0.2) is 0 Å². The highest BCUT2D eigenvalue weighted by atomic mass is 32.2. The Hall–Kier alpha value is -0.250. The van der Waals surface area contributed by atoms with Crippen LogP contribution in [0.15, 0.2) is 0 Å². The predicted molar refractivity (Wildman–Crippen MR) is 30.4 cm³/mol. The normalized spacial score (nSPS) is 12.9. The first-order chi connectivity index (χ1) is 3.72. The summed E-state index contributed by atoms with van der Waals surface area (Å²) in [7, 11) is 1.16.